The number of hydrogen-bond acceptors (Lipinski definition) is 5. The van der Waals surface area contributed by atoms with Gasteiger partial charge in [0.25, 0.3) is 0 Å². The largest absolute Gasteiger partial charge is 0.472 e. The number of nitrogens with zero attached hydrogens (tertiary/aromatic N) is 3. The fraction of sp³-hybridized carbons (Fsp3) is 0.250. The van der Waals surface area contributed by atoms with Gasteiger partial charge >= 0.3 is 0 Å². The molecular formula is C16H17N3O3S. The van der Waals surface area contributed by atoms with Crippen molar-refractivity contribution >= 4 is 16.1 Å². The Morgan fingerprint density at radius 2 is 2.00 bits per heavy atom. The summed E-state index contributed by atoms with van der Waals surface area (Å²) in [5.41, 5.74) is 0.850. The van der Waals surface area contributed by atoms with Crippen molar-refractivity contribution in [3.8, 4) is 5.88 Å². The molecule has 3 rings (SSSR count). The number of aromatic nitrogens is 2. The quantitative estimate of drug-likeness (QED) is 0.837. The van der Waals surface area contributed by atoms with Crippen molar-refractivity contribution in [2.24, 2.45) is 0 Å². The highest BCUT2D eigenvalue weighted by atomic mass is 32.2. The SMILES string of the molecule is O=S(=O)(/C=C/c1ccccc1)N1CC[C@H](Oc2cccnn2)C1. The van der Waals surface area contributed by atoms with E-state index in [0.29, 0.717) is 25.4 Å². The van der Waals surface area contributed by atoms with Crippen LogP contribution in [0, 0.1) is 0 Å². The average molecular weight is 331 g/mol. The topological polar surface area (TPSA) is 72.4 Å². The molecule has 23 heavy (non-hydrogen) atoms. The second-order valence-electron chi connectivity index (χ2n) is 5.21. The van der Waals surface area contributed by atoms with Crippen LogP contribution < -0.4 is 4.74 Å². The minimum atomic E-state index is -3.45. The molecule has 0 saturated carbocycles. The van der Waals surface area contributed by atoms with Gasteiger partial charge in [0.15, 0.2) is 0 Å². The van der Waals surface area contributed by atoms with Crippen LogP contribution in [0.25, 0.3) is 6.08 Å². The standard InChI is InChI=1S/C16H17N3O3S/c20-23(21,12-9-14-5-2-1-3-6-14)19-11-8-15(13-19)22-16-7-4-10-17-18-16/h1-7,9-10,12,15H,8,11,13H2/b12-9+/t15-/m0/s1. The molecule has 0 amide bonds. The first-order chi connectivity index (χ1) is 11.1. The van der Waals surface area contributed by atoms with E-state index in [9.17, 15) is 8.42 Å². The van der Waals surface area contributed by atoms with Crippen molar-refractivity contribution in [2.75, 3.05) is 13.1 Å². The van der Waals surface area contributed by atoms with Crippen molar-refractivity contribution in [3.63, 3.8) is 0 Å². The molecule has 1 aliphatic rings. The van der Waals surface area contributed by atoms with E-state index in [4.69, 9.17) is 4.74 Å². The fourth-order valence-electron chi connectivity index (χ4n) is 2.36. The lowest BCUT2D eigenvalue weighted by molar-refractivity contribution is 0.205. The van der Waals surface area contributed by atoms with Crippen molar-refractivity contribution in [1.29, 1.82) is 0 Å². The molecule has 1 fully saturated rings. The van der Waals surface area contributed by atoms with E-state index in [0.717, 1.165) is 5.56 Å². The number of benzene rings is 1. The van der Waals surface area contributed by atoms with Gasteiger partial charge < -0.3 is 4.74 Å². The lowest BCUT2D eigenvalue weighted by atomic mass is 10.2. The summed E-state index contributed by atoms with van der Waals surface area (Å²) in [6.45, 7) is 0.754. The molecule has 7 heteroatoms. The summed E-state index contributed by atoms with van der Waals surface area (Å²) >= 11 is 0. The minimum absolute atomic E-state index is 0.202. The molecule has 0 aliphatic carbocycles. The zero-order valence-corrected chi connectivity index (χ0v) is 13.3. The summed E-state index contributed by atoms with van der Waals surface area (Å²) in [7, 11) is -3.45. The van der Waals surface area contributed by atoms with Crippen LogP contribution in [0.1, 0.15) is 12.0 Å². The van der Waals surface area contributed by atoms with E-state index in [1.54, 1.807) is 24.4 Å². The molecule has 0 unspecified atom stereocenters. The lowest BCUT2D eigenvalue weighted by Gasteiger charge is -2.14. The summed E-state index contributed by atoms with van der Waals surface area (Å²) in [5, 5.41) is 8.83. The maximum Gasteiger partial charge on any atom is 0.236 e. The molecule has 6 nitrogen and oxygen atoms in total. The van der Waals surface area contributed by atoms with Crippen LogP contribution in [0.4, 0.5) is 0 Å². The van der Waals surface area contributed by atoms with E-state index >= 15 is 0 Å². The van der Waals surface area contributed by atoms with Crippen LogP contribution >= 0.6 is 0 Å². The third-order valence-corrected chi connectivity index (χ3v) is 5.07. The van der Waals surface area contributed by atoms with Gasteiger partial charge in [-0.3, -0.25) is 0 Å². The highest BCUT2D eigenvalue weighted by Crippen LogP contribution is 2.19. The molecule has 1 aliphatic heterocycles. The lowest BCUT2D eigenvalue weighted by Crippen LogP contribution is -2.29. The van der Waals surface area contributed by atoms with Crippen LogP contribution in [-0.4, -0.2) is 42.1 Å². The van der Waals surface area contributed by atoms with Gasteiger partial charge in [0.1, 0.15) is 6.10 Å². The number of ether oxygens (including phenoxy) is 1. The Balaban J connectivity index is 1.62. The molecule has 1 aromatic carbocycles. The van der Waals surface area contributed by atoms with Crippen LogP contribution in [0.15, 0.2) is 54.1 Å². The van der Waals surface area contributed by atoms with Crippen molar-refractivity contribution < 1.29 is 13.2 Å². The van der Waals surface area contributed by atoms with E-state index < -0.39 is 10.0 Å². The Labute approximate surface area is 135 Å². The van der Waals surface area contributed by atoms with Gasteiger partial charge in [-0.2, -0.15) is 9.40 Å². The van der Waals surface area contributed by atoms with E-state index in [-0.39, 0.29) is 6.10 Å². The van der Waals surface area contributed by atoms with Gasteiger partial charge in [0.2, 0.25) is 15.9 Å². The molecule has 2 aromatic rings. The highest BCUT2D eigenvalue weighted by Gasteiger charge is 2.31. The molecule has 1 aromatic heterocycles. The van der Waals surface area contributed by atoms with Crippen LogP contribution in [0.2, 0.25) is 0 Å². The van der Waals surface area contributed by atoms with Crippen molar-refractivity contribution in [2.45, 2.75) is 12.5 Å². The highest BCUT2D eigenvalue weighted by molar-refractivity contribution is 7.92. The molecule has 0 N–H and O–H groups in total. The smallest absolute Gasteiger partial charge is 0.236 e. The molecular weight excluding hydrogens is 314 g/mol. The van der Waals surface area contributed by atoms with Crippen LogP contribution in [-0.2, 0) is 10.0 Å². The van der Waals surface area contributed by atoms with Gasteiger partial charge in [-0.05, 0) is 24.1 Å². The third-order valence-electron chi connectivity index (χ3n) is 3.53. The first kappa shape index (κ1) is 15.6. The summed E-state index contributed by atoms with van der Waals surface area (Å²) in [4.78, 5) is 0. The van der Waals surface area contributed by atoms with E-state index in [1.807, 2.05) is 30.3 Å². The summed E-state index contributed by atoms with van der Waals surface area (Å²) in [5.74, 6) is 0.413. The molecule has 1 saturated heterocycles. The normalized spacial score (nSPS) is 19.2. The van der Waals surface area contributed by atoms with Gasteiger partial charge in [0.05, 0.1) is 6.54 Å². The molecule has 0 spiro atoms. The average Bonchev–Trinajstić information content (AvgIpc) is 3.04. The predicted octanol–water partition coefficient (Wildman–Crippen LogP) is 1.93. The molecule has 0 radical (unpaired) electrons. The Morgan fingerprint density at radius 1 is 1.17 bits per heavy atom. The monoisotopic (exact) mass is 331 g/mol. The van der Waals surface area contributed by atoms with E-state index in [1.165, 1.54) is 9.71 Å². The Bertz CT molecular complexity index is 764. The van der Waals surface area contributed by atoms with Gasteiger partial charge in [-0.15, -0.1) is 5.10 Å². The first-order valence-electron chi connectivity index (χ1n) is 7.31. The van der Waals surface area contributed by atoms with Crippen molar-refractivity contribution in [3.05, 3.63) is 59.6 Å². The zero-order valence-electron chi connectivity index (χ0n) is 12.4. The second kappa shape index (κ2) is 6.89. The van der Waals surface area contributed by atoms with Crippen molar-refractivity contribution in [1.82, 2.24) is 14.5 Å². The first-order valence-corrected chi connectivity index (χ1v) is 8.81. The summed E-state index contributed by atoms with van der Waals surface area (Å²) in [6, 6.07) is 12.8. The maximum absolute atomic E-state index is 12.4. The third kappa shape index (κ3) is 4.14. The molecule has 0 bridgehead atoms. The van der Waals surface area contributed by atoms with Crippen LogP contribution in [0.5, 0.6) is 5.88 Å². The number of hydrogen-bond donors (Lipinski definition) is 0. The Morgan fingerprint density at radius 3 is 2.74 bits per heavy atom. The Hall–Kier alpha value is -2.25. The van der Waals surface area contributed by atoms with Gasteiger partial charge in [-0.25, -0.2) is 8.42 Å². The number of rotatable bonds is 5. The van der Waals surface area contributed by atoms with Crippen LogP contribution in [0.3, 0.4) is 0 Å². The molecule has 1 atom stereocenters. The summed E-state index contributed by atoms with van der Waals surface area (Å²) < 4.78 is 31.8. The predicted molar refractivity (Wildman–Crippen MR) is 87.0 cm³/mol. The fourth-order valence-corrected chi connectivity index (χ4v) is 3.60. The maximum atomic E-state index is 12.4. The molecule has 2 heterocycles. The minimum Gasteiger partial charge on any atom is -0.472 e. The second-order valence-corrected chi connectivity index (χ2v) is 7.03. The number of sulfonamides is 1. The van der Waals surface area contributed by atoms with E-state index in [2.05, 4.69) is 10.2 Å². The van der Waals surface area contributed by atoms with Gasteiger partial charge in [0, 0.05) is 24.2 Å². The summed E-state index contributed by atoms with van der Waals surface area (Å²) in [6.07, 6.45) is 3.60. The molecule has 120 valence electrons. The van der Waals surface area contributed by atoms with Gasteiger partial charge in [-0.1, -0.05) is 30.3 Å². The zero-order chi connectivity index (χ0) is 16.1. The Kier molecular flexibility index (Phi) is 4.68.